The molecular formula is C20H16F3N3O4S. The third kappa shape index (κ3) is 4.42. The van der Waals surface area contributed by atoms with Crippen molar-refractivity contribution in [1.29, 1.82) is 0 Å². The molecule has 0 unspecified atom stereocenters. The summed E-state index contributed by atoms with van der Waals surface area (Å²) in [5.41, 5.74) is -0.361. The van der Waals surface area contributed by atoms with Crippen molar-refractivity contribution >= 4 is 21.6 Å². The van der Waals surface area contributed by atoms with Crippen LogP contribution < -0.4 is 15.4 Å². The van der Waals surface area contributed by atoms with Gasteiger partial charge in [0.2, 0.25) is 10.0 Å². The number of halogens is 3. The molecule has 1 amide bonds. The molecule has 2 heterocycles. The minimum absolute atomic E-state index is 0.154. The fourth-order valence-corrected chi connectivity index (χ4v) is 4.40. The van der Waals surface area contributed by atoms with Gasteiger partial charge in [-0.15, -0.1) is 0 Å². The number of hydrogen-bond acceptors (Lipinski definition) is 5. The second-order valence-electron chi connectivity index (χ2n) is 6.79. The van der Waals surface area contributed by atoms with E-state index in [1.807, 2.05) is 0 Å². The van der Waals surface area contributed by atoms with Crippen LogP contribution in [0.2, 0.25) is 0 Å². The predicted octanol–water partition coefficient (Wildman–Crippen LogP) is 3.63. The summed E-state index contributed by atoms with van der Waals surface area (Å²) in [4.78, 5) is 12.0. The number of hydrogen-bond donors (Lipinski definition) is 3. The van der Waals surface area contributed by atoms with Gasteiger partial charge in [0.15, 0.2) is 0 Å². The smallest absolute Gasteiger partial charge is 0.416 e. The Hall–Kier alpha value is -3.31. The van der Waals surface area contributed by atoms with Crippen LogP contribution in [0.1, 0.15) is 33.4 Å². The van der Waals surface area contributed by atoms with Crippen molar-refractivity contribution in [2.24, 2.45) is 0 Å². The number of carbonyl (C=O) groups excluding carboxylic acids is 1. The van der Waals surface area contributed by atoms with Crippen molar-refractivity contribution in [3.63, 3.8) is 0 Å². The second-order valence-corrected chi connectivity index (χ2v) is 8.47. The van der Waals surface area contributed by atoms with Gasteiger partial charge in [-0.25, -0.2) is 8.42 Å². The van der Waals surface area contributed by atoms with Gasteiger partial charge in [-0.1, -0.05) is 12.1 Å². The molecule has 2 aromatic carbocycles. The van der Waals surface area contributed by atoms with E-state index in [1.165, 1.54) is 30.5 Å². The molecule has 0 saturated carbocycles. The number of furan rings is 1. The van der Waals surface area contributed by atoms with Crippen LogP contribution in [-0.2, 0) is 22.7 Å². The van der Waals surface area contributed by atoms with Gasteiger partial charge in [0.1, 0.15) is 16.8 Å². The van der Waals surface area contributed by atoms with E-state index in [-0.39, 0.29) is 23.0 Å². The lowest BCUT2D eigenvalue weighted by atomic mass is 10.1. The summed E-state index contributed by atoms with van der Waals surface area (Å²) in [7, 11) is -4.03. The third-order valence-electron chi connectivity index (χ3n) is 4.68. The molecule has 1 aliphatic heterocycles. The van der Waals surface area contributed by atoms with E-state index in [1.54, 1.807) is 12.1 Å². The number of amides is 1. The van der Waals surface area contributed by atoms with Gasteiger partial charge < -0.3 is 15.1 Å². The number of nitrogens with one attached hydrogen (secondary N) is 3. The molecular weight excluding hydrogens is 435 g/mol. The number of carbonyl (C=O) groups is 1. The summed E-state index contributed by atoms with van der Waals surface area (Å²) in [6.07, 6.45) is -4.11. The van der Waals surface area contributed by atoms with Gasteiger partial charge in [-0.05, 0) is 48.0 Å². The molecule has 0 saturated heterocycles. The van der Waals surface area contributed by atoms with Crippen molar-refractivity contribution in [1.82, 2.24) is 10.0 Å². The minimum atomic E-state index is -4.61. The van der Waals surface area contributed by atoms with Crippen molar-refractivity contribution in [3.8, 4) is 0 Å². The lowest BCUT2D eigenvalue weighted by molar-refractivity contribution is -0.137. The summed E-state index contributed by atoms with van der Waals surface area (Å²) in [6.45, 7) is 0.204. The molecule has 1 aliphatic rings. The number of alkyl halides is 3. The Morgan fingerprint density at radius 3 is 2.48 bits per heavy atom. The summed E-state index contributed by atoms with van der Waals surface area (Å²) >= 11 is 0. The lowest BCUT2D eigenvalue weighted by Crippen LogP contribution is -2.38. The van der Waals surface area contributed by atoms with Crippen LogP contribution >= 0.6 is 0 Å². The quantitative estimate of drug-likeness (QED) is 0.563. The molecule has 0 aliphatic carbocycles. The standard InChI is InChI=1S/C20H16F3N3O4S/c21-20(22,23)14-7-8-17-16(10-14)25-18(26-31(17,28)29)12-3-5-13(6-4-12)19(27)24-11-15-2-1-9-30-15/h1-10,18,25-26H,11H2,(H,24,27)/t18-/m0/s1. The number of anilines is 1. The van der Waals surface area contributed by atoms with Gasteiger partial charge in [0, 0.05) is 5.56 Å². The van der Waals surface area contributed by atoms with E-state index in [9.17, 15) is 26.4 Å². The Kier molecular flexibility index (Phi) is 5.23. The maximum atomic E-state index is 13.0. The maximum Gasteiger partial charge on any atom is 0.416 e. The first-order chi connectivity index (χ1) is 14.6. The summed E-state index contributed by atoms with van der Waals surface area (Å²) in [5.74, 6) is 0.225. The molecule has 0 radical (unpaired) electrons. The van der Waals surface area contributed by atoms with E-state index in [4.69, 9.17) is 4.42 Å². The van der Waals surface area contributed by atoms with Crippen molar-refractivity contribution in [2.75, 3.05) is 5.32 Å². The highest BCUT2D eigenvalue weighted by molar-refractivity contribution is 7.89. The van der Waals surface area contributed by atoms with Crippen LogP contribution in [0.5, 0.6) is 0 Å². The second kappa shape index (κ2) is 7.75. The van der Waals surface area contributed by atoms with Crippen LogP contribution in [0.3, 0.4) is 0 Å². The molecule has 11 heteroatoms. The number of rotatable bonds is 4. The molecule has 0 fully saturated rings. The molecule has 0 bridgehead atoms. The van der Waals surface area contributed by atoms with Gasteiger partial charge >= 0.3 is 6.18 Å². The molecule has 1 atom stereocenters. The van der Waals surface area contributed by atoms with Crippen LogP contribution in [0, 0.1) is 0 Å². The maximum absolute atomic E-state index is 13.0. The Morgan fingerprint density at radius 2 is 1.84 bits per heavy atom. The monoisotopic (exact) mass is 451 g/mol. The highest BCUT2D eigenvalue weighted by Crippen LogP contribution is 2.37. The SMILES string of the molecule is O=C(NCc1ccco1)c1ccc([C@H]2Nc3cc(C(F)(F)F)ccc3S(=O)(=O)N2)cc1. The van der Waals surface area contributed by atoms with Crippen LogP contribution in [-0.4, -0.2) is 14.3 Å². The van der Waals surface area contributed by atoms with E-state index in [0.717, 1.165) is 18.2 Å². The average Bonchev–Trinajstić information content (AvgIpc) is 3.24. The summed E-state index contributed by atoms with van der Waals surface area (Å²) in [6, 6.07) is 11.8. The number of fused-ring (bicyclic) bond motifs is 1. The fraction of sp³-hybridized carbons (Fsp3) is 0.150. The summed E-state index contributed by atoms with van der Waals surface area (Å²) < 4.78 is 71.5. The summed E-state index contributed by atoms with van der Waals surface area (Å²) in [5, 5.41) is 5.45. The normalized spacial score (nSPS) is 17.5. The molecule has 3 N–H and O–H groups in total. The van der Waals surface area contributed by atoms with E-state index in [2.05, 4.69) is 15.4 Å². The first-order valence-corrected chi connectivity index (χ1v) is 10.5. The Balaban J connectivity index is 1.53. The molecule has 4 rings (SSSR count). The van der Waals surface area contributed by atoms with E-state index in [0.29, 0.717) is 16.9 Å². The molecule has 7 nitrogen and oxygen atoms in total. The zero-order valence-electron chi connectivity index (χ0n) is 15.7. The van der Waals surface area contributed by atoms with E-state index >= 15 is 0 Å². The average molecular weight is 451 g/mol. The van der Waals surface area contributed by atoms with Crippen LogP contribution in [0.25, 0.3) is 0 Å². The highest BCUT2D eigenvalue weighted by atomic mass is 32.2. The Morgan fingerprint density at radius 1 is 1.10 bits per heavy atom. The molecule has 1 aromatic heterocycles. The predicted molar refractivity (Wildman–Crippen MR) is 104 cm³/mol. The minimum Gasteiger partial charge on any atom is -0.467 e. The molecule has 31 heavy (non-hydrogen) atoms. The van der Waals surface area contributed by atoms with E-state index < -0.39 is 27.9 Å². The largest absolute Gasteiger partial charge is 0.467 e. The zero-order chi connectivity index (χ0) is 22.2. The Labute approximate surface area is 175 Å². The van der Waals surface area contributed by atoms with Gasteiger partial charge in [0.05, 0.1) is 24.1 Å². The zero-order valence-corrected chi connectivity index (χ0v) is 16.5. The third-order valence-corrected chi connectivity index (χ3v) is 6.16. The van der Waals surface area contributed by atoms with Gasteiger partial charge in [-0.3, -0.25) is 4.79 Å². The lowest BCUT2D eigenvalue weighted by Gasteiger charge is -2.29. The Bertz CT molecular complexity index is 1210. The molecule has 3 aromatic rings. The first kappa shape index (κ1) is 20.9. The van der Waals surface area contributed by atoms with Gasteiger partial charge in [-0.2, -0.15) is 17.9 Å². The highest BCUT2D eigenvalue weighted by Gasteiger charge is 2.35. The topological polar surface area (TPSA) is 100 Å². The van der Waals surface area contributed by atoms with Crippen molar-refractivity contribution < 1.29 is 30.8 Å². The molecule has 0 spiro atoms. The number of benzene rings is 2. The van der Waals surface area contributed by atoms with Crippen LogP contribution in [0.15, 0.2) is 70.2 Å². The van der Waals surface area contributed by atoms with Crippen molar-refractivity contribution in [3.05, 3.63) is 83.3 Å². The number of sulfonamides is 1. The van der Waals surface area contributed by atoms with Crippen molar-refractivity contribution in [2.45, 2.75) is 23.8 Å². The first-order valence-electron chi connectivity index (χ1n) is 9.04. The van der Waals surface area contributed by atoms with Gasteiger partial charge in [0.25, 0.3) is 5.91 Å². The van der Waals surface area contributed by atoms with Crippen LogP contribution in [0.4, 0.5) is 18.9 Å². The fourth-order valence-electron chi connectivity index (χ4n) is 3.12. The molecule has 162 valence electrons.